The van der Waals surface area contributed by atoms with Crippen LogP contribution in [0.5, 0.6) is 0 Å². The Kier molecular flexibility index (Phi) is 19.6. The monoisotopic (exact) mass is 129 g/mol. The van der Waals surface area contributed by atoms with Crippen LogP contribution in [0.4, 0.5) is 0 Å². The van der Waals surface area contributed by atoms with Gasteiger partial charge < -0.3 is 10.4 Å². The molecule has 0 saturated carbocycles. The Bertz CT molecular complexity index is 40.5. The van der Waals surface area contributed by atoms with Crippen LogP contribution in [-0.4, -0.2) is 25.3 Å². The largest absolute Gasteiger partial charge is 0.400 e. The van der Waals surface area contributed by atoms with E-state index in [1.54, 1.807) is 0 Å². The van der Waals surface area contributed by atoms with Gasteiger partial charge in [-0.1, -0.05) is 0 Å². The van der Waals surface area contributed by atoms with Gasteiger partial charge in [0.25, 0.3) is 0 Å². The first-order valence-corrected chi connectivity index (χ1v) is 2.99. The molecule has 0 aliphatic carbocycles. The van der Waals surface area contributed by atoms with Crippen LogP contribution in [0.25, 0.3) is 0 Å². The molecule has 1 fully saturated rings. The summed E-state index contributed by atoms with van der Waals surface area (Å²) in [6.45, 7) is 2.50. The van der Waals surface area contributed by atoms with Crippen molar-refractivity contribution in [2.45, 2.75) is 12.8 Å². The lowest BCUT2D eigenvalue weighted by atomic mass is 10.4. The molecular weight excluding hydrogens is 114 g/mol. The molecule has 2 heteroatoms. The fraction of sp³-hybridized carbons (Fsp3) is 0.714. The Balaban J connectivity index is 0. The summed E-state index contributed by atoms with van der Waals surface area (Å²) in [4.78, 5) is 0. The first kappa shape index (κ1) is 11.3. The topological polar surface area (TPSA) is 32.3 Å². The van der Waals surface area contributed by atoms with Crippen molar-refractivity contribution in [2.24, 2.45) is 0 Å². The fourth-order valence-corrected chi connectivity index (χ4v) is 0.625. The predicted molar refractivity (Wildman–Crippen MR) is 40.1 cm³/mol. The second kappa shape index (κ2) is 15.6. The van der Waals surface area contributed by atoms with E-state index in [2.05, 4.69) is 18.2 Å². The van der Waals surface area contributed by atoms with E-state index < -0.39 is 0 Å². The number of nitrogens with one attached hydrogen (secondary N) is 1. The highest BCUT2D eigenvalue weighted by molar-refractivity contribution is 4.55. The molecule has 0 spiro atoms. The molecule has 54 valence electrons. The number of aliphatic hydroxyl groups excluding tert-OH is 1. The van der Waals surface area contributed by atoms with E-state index >= 15 is 0 Å². The number of hydrogen-bond acceptors (Lipinski definition) is 2. The van der Waals surface area contributed by atoms with Crippen LogP contribution in [-0.2, 0) is 0 Å². The molecule has 0 aromatic heterocycles. The van der Waals surface area contributed by atoms with Crippen LogP contribution in [0.15, 0.2) is 0 Å². The van der Waals surface area contributed by atoms with E-state index in [4.69, 9.17) is 5.11 Å². The molecular formula is C7H15NO. The van der Waals surface area contributed by atoms with Gasteiger partial charge in [-0.2, -0.15) is 0 Å². The van der Waals surface area contributed by atoms with E-state index in [1.165, 1.54) is 25.9 Å². The van der Waals surface area contributed by atoms with Gasteiger partial charge in [0.2, 0.25) is 0 Å². The Labute approximate surface area is 57.3 Å². The highest BCUT2D eigenvalue weighted by atomic mass is 16.2. The summed E-state index contributed by atoms with van der Waals surface area (Å²) in [5.41, 5.74) is 0. The lowest BCUT2D eigenvalue weighted by Crippen LogP contribution is -2.03. The van der Waals surface area contributed by atoms with Crippen molar-refractivity contribution in [3.05, 3.63) is 0 Å². The summed E-state index contributed by atoms with van der Waals surface area (Å²) in [5.74, 6) is 0. The third kappa shape index (κ3) is 11.2. The third-order valence-corrected chi connectivity index (χ3v) is 0.957. The summed E-state index contributed by atoms with van der Waals surface area (Å²) in [5, 5.41) is 10.2. The molecule has 2 N–H and O–H groups in total. The van der Waals surface area contributed by atoms with Gasteiger partial charge >= 0.3 is 0 Å². The Morgan fingerprint density at radius 2 is 1.44 bits per heavy atom. The number of aliphatic hydroxyl groups is 1. The summed E-state index contributed by atoms with van der Waals surface area (Å²) in [6.07, 6.45) is 10.8. The van der Waals surface area contributed by atoms with Crippen molar-refractivity contribution in [3.8, 4) is 12.8 Å². The Morgan fingerprint density at radius 1 is 1.11 bits per heavy atom. The molecule has 0 radical (unpaired) electrons. The van der Waals surface area contributed by atoms with Crippen molar-refractivity contribution in [1.82, 2.24) is 5.32 Å². The van der Waals surface area contributed by atoms with Gasteiger partial charge in [-0.15, -0.1) is 12.8 Å². The Hall–Kier alpha value is -0.520. The van der Waals surface area contributed by atoms with Crippen molar-refractivity contribution < 1.29 is 5.11 Å². The van der Waals surface area contributed by atoms with E-state index in [9.17, 15) is 0 Å². The molecule has 1 saturated heterocycles. The number of rotatable bonds is 0. The summed E-state index contributed by atoms with van der Waals surface area (Å²) >= 11 is 0. The highest BCUT2D eigenvalue weighted by Gasteiger charge is 1.93. The zero-order chi connectivity index (χ0) is 7.54. The molecule has 9 heavy (non-hydrogen) atoms. The molecule has 0 bridgehead atoms. The quantitative estimate of drug-likeness (QED) is 0.459. The highest BCUT2D eigenvalue weighted by Crippen LogP contribution is 1.90. The van der Waals surface area contributed by atoms with E-state index in [1.807, 2.05) is 0 Å². The average molecular weight is 129 g/mol. The van der Waals surface area contributed by atoms with E-state index in [0.717, 1.165) is 7.11 Å². The summed E-state index contributed by atoms with van der Waals surface area (Å²) < 4.78 is 0. The molecule has 1 aliphatic heterocycles. The minimum Gasteiger partial charge on any atom is -0.400 e. The van der Waals surface area contributed by atoms with Crippen molar-refractivity contribution in [1.29, 1.82) is 0 Å². The number of hydrogen-bond donors (Lipinski definition) is 2. The van der Waals surface area contributed by atoms with E-state index in [0.29, 0.717) is 0 Å². The van der Waals surface area contributed by atoms with Gasteiger partial charge in [0.15, 0.2) is 0 Å². The van der Waals surface area contributed by atoms with Crippen LogP contribution in [0.2, 0.25) is 0 Å². The van der Waals surface area contributed by atoms with Gasteiger partial charge in [0, 0.05) is 7.11 Å². The second-order valence-corrected chi connectivity index (χ2v) is 1.46. The third-order valence-electron chi connectivity index (χ3n) is 0.957. The molecule has 1 aliphatic rings. The first-order valence-electron chi connectivity index (χ1n) is 2.99. The molecule has 0 aromatic rings. The minimum atomic E-state index is 1.00. The van der Waals surface area contributed by atoms with Crippen LogP contribution < -0.4 is 5.32 Å². The smallest absolute Gasteiger partial charge is 0.0319 e. The maximum absolute atomic E-state index is 7.00. The second-order valence-electron chi connectivity index (χ2n) is 1.46. The molecule has 1 rings (SSSR count). The first-order chi connectivity index (χ1) is 4.50. The fourth-order valence-electron chi connectivity index (χ4n) is 0.625. The van der Waals surface area contributed by atoms with Crippen LogP contribution in [0, 0.1) is 12.8 Å². The van der Waals surface area contributed by atoms with Crippen LogP contribution >= 0.6 is 0 Å². The lowest BCUT2D eigenvalue weighted by Gasteiger charge is -1.76. The van der Waals surface area contributed by atoms with Crippen LogP contribution in [0.3, 0.4) is 0 Å². The summed E-state index contributed by atoms with van der Waals surface area (Å²) in [7, 11) is 1.00. The zero-order valence-corrected chi connectivity index (χ0v) is 5.93. The van der Waals surface area contributed by atoms with Crippen molar-refractivity contribution in [2.75, 3.05) is 20.2 Å². The van der Waals surface area contributed by atoms with E-state index in [-0.39, 0.29) is 0 Å². The van der Waals surface area contributed by atoms with Gasteiger partial charge in [-0.05, 0) is 25.9 Å². The van der Waals surface area contributed by atoms with Gasteiger partial charge in [-0.25, -0.2) is 0 Å². The maximum atomic E-state index is 7.00. The average Bonchev–Trinajstić information content (AvgIpc) is 2.51. The van der Waals surface area contributed by atoms with Gasteiger partial charge in [-0.3, -0.25) is 0 Å². The van der Waals surface area contributed by atoms with Gasteiger partial charge in [0.1, 0.15) is 0 Å². The molecule has 0 amide bonds. The van der Waals surface area contributed by atoms with Crippen molar-refractivity contribution in [3.63, 3.8) is 0 Å². The lowest BCUT2D eigenvalue weighted by molar-refractivity contribution is 0.399. The zero-order valence-electron chi connectivity index (χ0n) is 5.93. The standard InChI is InChI=1S/C4H9N.C2H2.CH4O/c1-2-4-5-3-1;2*1-2/h5H,1-4H2;1-2H;2H,1H3. The van der Waals surface area contributed by atoms with Crippen LogP contribution in [0.1, 0.15) is 12.8 Å². The van der Waals surface area contributed by atoms with Crippen molar-refractivity contribution >= 4 is 0 Å². The van der Waals surface area contributed by atoms with Gasteiger partial charge in [0.05, 0.1) is 0 Å². The minimum absolute atomic E-state index is 1.00. The summed E-state index contributed by atoms with van der Waals surface area (Å²) in [6, 6.07) is 0. The molecule has 2 nitrogen and oxygen atoms in total. The Morgan fingerprint density at radius 3 is 1.56 bits per heavy atom. The SMILES string of the molecule is C#C.C1CCNC1.CO. The predicted octanol–water partition coefficient (Wildman–Crippen LogP) is 0.228. The normalized spacial score (nSPS) is 14.2. The molecule has 0 unspecified atom stereocenters. The number of terminal acetylenes is 1. The molecule has 0 aromatic carbocycles. The molecule has 0 atom stereocenters. The molecule has 1 heterocycles. The maximum Gasteiger partial charge on any atom is 0.0319 e.